The van der Waals surface area contributed by atoms with Gasteiger partial charge in [-0.1, -0.05) is 24.3 Å². The zero-order valence-corrected chi connectivity index (χ0v) is 9.31. The minimum absolute atomic E-state index is 0.0896. The van der Waals surface area contributed by atoms with Crippen LogP contribution in [0.3, 0.4) is 0 Å². The second kappa shape index (κ2) is 4.41. The van der Waals surface area contributed by atoms with Gasteiger partial charge in [-0.3, -0.25) is 4.79 Å². The lowest BCUT2D eigenvalue weighted by Gasteiger charge is -2.07. The number of Topliss-reactive ketones (excluding diaryl/α,β-unsaturated/α-hetero) is 1. The van der Waals surface area contributed by atoms with Gasteiger partial charge in [-0.2, -0.15) is 0 Å². The van der Waals surface area contributed by atoms with Crippen molar-refractivity contribution in [1.82, 2.24) is 4.98 Å². The lowest BCUT2D eigenvalue weighted by molar-refractivity contribution is 0.0651. The van der Waals surface area contributed by atoms with Crippen LogP contribution in [0.2, 0.25) is 0 Å². The molecule has 0 spiro atoms. The number of nitrogens with zero attached hydrogens (tertiary/aromatic N) is 1. The molecule has 0 saturated carbocycles. The Balaban J connectivity index is 2.43. The van der Waals surface area contributed by atoms with Gasteiger partial charge >= 0.3 is 0 Å². The van der Waals surface area contributed by atoms with Gasteiger partial charge < -0.3 is 4.74 Å². The van der Waals surface area contributed by atoms with Gasteiger partial charge in [-0.05, 0) is 19.1 Å². The number of carbonyl (C=O) groups excluding carboxylic acids is 1. The van der Waals surface area contributed by atoms with Crippen LogP contribution in [0.1, 0.15) is 17.4 Å². The largest absolute Gasteiger partial charge is 0.374 e. The number of fused-ring (bicyclic) bond motifs is 1. The summed E-state index contributed by atoms with van der Waals surface area (Å²) in [6.07, 6.45) is -0.450. The molecule has 16 heavy (non-hydrogen) atoms. The Labute approximate surface area is 94.1 Å². The predicted molar refractivity (Wildman–Crippen MR) is 62.5 cm³/mol. The lowest BCUT2D eigenvalue weighted by atomic mass is 10.1. The Morgan fingerprint density at radius 1 is 1.25 bits per heavy atom. The predicted octanol–water partition coefficient (Wildman–Crippen LogP) is 2.45. The summed E-state index contributed by atoms with van der Waals surface area (Å²) in [5.41, 5.74) is 1.28. The Morgan fingerprint density at radius 3 is 2.75 bits per heavy atom. The third-order valence-corrected chi connectivity index (χ3v) is 2.57. The Kier molecular flexibility index (Phi) is 2.97. The maximum atomic E-state index is 11.8. The number of methoxy groups -OCH3 is 1. The van der Waals surface area contributed by atoms with E-state index in [1.165, 1.54) is 7.11 Å². The number of para-hydroxylation sites is 1. The fraction of sp³-hybridized carbons (Fsp3) is 0.231. The average Bonchev–Trinajstić information content (AvgIpc) is 2.36. The van der Waals surface area contributed by atoms with Gasteiger partial charge in [-0.15, -0.1) is 0 Å². The number of pyridine rings is 1. The number of ketones is 1. The molecule has 82 valence electrons. The van der Waals surface area contributed by atoms with Gasteiger partial charge in [0.15, 0.2) is 0 Å². The van der Waals surface area contributed by atoms with Crippen molar-refractivity contribution in [2.24, 2.45) is 0 Å². The first kappa shape index (κ1) is 10.8. The van der Waals surface area contributed by atoms with Gasteiger partial charge in [0.1, 0.15) is 11.8 Å². The number of rotatable bonds is 3. The molecule has 1 unspecified atom stereocenters. The quantitative estimate of drug-likeness (QED) is 0.738. The monoisotopic (exact) mass is 215 g/mol. The van der Waals surface area contributed by atoms with Gasteiger partial charge in [0.05, 0.1) is 5.52 Å². The third-order valence-electron chi connectivity index (χ3n) is 2.57. The summed E-state index contributed by atoms with van der Waals surface area (Å²) in [4.78, 5) is 16.1. The Hall–Kier alpha value is -1.74. The first-order valence-electron chi connectivity index (χ1n) is 5.15. The molecule has 0 amide bonds. The van der Waals surface area contributed by atoms with Crippen molar-refractivity contribution >= 4 is 16.7 Å². The van der Waals surface area contributed by atoms with Gasteiger partial charge in [0, 0.05) is 12.5 Å². The van der Waals surface area contributed by atoms with Crippen LogP contribution >= 0.6 is 0 Å². The summed E-state index contributed by atoms with van der Waals surface area (Å²) in [6.45, 7) is 1.72. The number of carbonyl (C=O) groups is 1. The fourth-order valence-electron chi connectivity index (χ4n) is 1.52. The summed E-state index contributed by atoms with van der Waals surface area (Å²) in [5.74, 6) is -0.0896. The van der Waals surface area contributed by atoms with E-state index in [0.29, 0.717) is 5.69 Å². The smallest absolute Gasteiger partial charge is 0.209 e. The Bertz CT molecular complexity index is 522. The van der Waals surface area contributed by atoms with E-state index in [1.54, 1.807) is 13.0 Å². The zero-order valence-electron chi connectivity index (χ0n) is 9.31. The van der Waals surface area contributed by atoms with Crippen LogP contribution in [-0.2, 0) is 4.74 Å². The lowest BCUT2D eigenvalue weighted by Crippen LogP contribution is -2.20. The molecular formula is C13H13NO2. The normalized spacial score (nSPS) is 12.6. The van der Waals surface area contributed by atoms with E-state index < -0.39 is 6.10 Å². The van der Waals surface area contributed by atoms with Gasteiger partial charge in [0.25, 0.3) is 0 Å². The van der Waals surface area contributed by atoms with Crippen molar-refractivity contribution in [2.75, 3.05) is 7.11 Å². The minimum atomic E-state index is -0.450. The SMILES string of the molecule is COC(C)C(=O)c1ccc2ccccc2n1. The first-order chi connectivity index (χ1) is 7.72. The number of hydrogen-bond donors (Lipinski definition) is 0. The highest BCUT2D eigenvalue weighted by Gasteiger charge is 2.15. The van der Waals surface area contributed by atoms with Crippen LogP contribution in [0.25, 0.3) is 10.9 Å². The van der Waals surface area contributed by atoms with E-state index in [2.05, 4.69) is 4.98 Å². The van der Waals surface area contributed by atoms with Crippen LogP contribution in [0.15, 0.2) is 36.4 Å². The van der Waals surface area contributed by atoms with Crippen LogP contribution in [0.4, 0.5) is 0 Å². The molecule has 1 aromatic carbocycles. The first-order valence-corrected chi connectivity index (χ1v) is 5.15. The summed E-state index contributed by atoms with van der Waals surface area (Å²) in [7, 11) is 1.52. The van der Waals surface area contributed by atoms with E-state index in [4.69, 9.17) is 4.74 Å². The standard InChI is InChI=1S/C13H13NO2/c1-9(16-2)13(15)12-8-7-10-5-3-4-6-11(10)14-12/h3-9H,1-2H3. The van der Waals surface area contributed by atoms with Crippen LogP contribution in [0.5, 0.6) is 0 Å². The van der Waals surface area contributed by atoms with Crippen LogP contribution in [0, 0.1) is 0 Å². The second-order valence-electron chi connectivity index (χ2n) is 3.63. The van der Waals surface area contributed by atoms with Crippen molar-refractivity contribution in [3.05, 3.63) is 42.1 Å². The third kappa shape index (κ3) is 1.95. The molecule has 2 rings (SSSR count). The summed E-state index contributed by atoms with van der Waals surface area (Å²) >= 11 is 0. The summed E-state index contributed by atoms with van der Waals surface area (Å²) in [5, 5.41) is 1.03. The molecule has 0 aliphatic carbocycles. The molecule has 0 fully saturated rings. The van der Waals surface area contributed by atoms with Crippen molar-refractivity contribution in [3.63, 3.8) is 0 Å². The average molecular weight is 215 g/mol. The van der Waals surface area contributed by atoms with E-state index in [1.807, 2.05) is 30.3 Å². The van der Waals surface area contributed by atoms with E-state index in [-0.39, 0.29) is 5.78 Å². The topological polar surface area (TPSA) is 39.2 Å². The van der Waals surface area contributed by atoms with Crippen molar-refractivity contribution in [1.29, 1.82) is 0 Å². The van der Waals surface area contributed by atoms with E-state index in [9.17, 15) is 4.79 Å². The number of aromatic nitrogens is 1. The van der Waals surface area contributed by atoms with Crippen molar-refractivity contribution in [2.45, 2.75) is 13.0 Å². The molecule has 1 heterocycles. The molecule has 1 aromatic heterocycles. The summed E-state index contributed by atoms with van der Waals surface area (Å²) < 4.78 is 4.99. The Morgan fingerprint density at radius 2 is 2.00 bits per heavy atom. The summed E-state index contributed by atoms with van der Waals surface area (Å²) in [6, 6.07) is 11.4. The molecule has 2 aromatic rings. The highest BCUT2D eigenvalue weighted by atomic mass is 16.5. The molecule has 0 aliphatic rings. The number of benzene rings is 1. The maximum absolute atomic E-state index is 11.8. The molecule has 3 heteroatoms. The molecular weight excluding hydrogens is 202 g/mol. The van der Waals surface area contributed by atoms with Gasteiger partial charge in [0.2, 0.25) is 5.78 Å². The molecule has 0 saturated heterocycles. The highest BCUT2D eigenvalue weighted by Crippen LogP contribution is 2.13. The molecule has 1 atom stereocenters. The van der Waals surface area contributed by atoms with Gasteiger partial charge in [-0.25, -0.2) is 4.98 Å². The van der Waals surface area contributed by atoms with Crippen molar-refractivity contribution in [3.8, 4) is 0 Å². The van der Waals surface area contributed by atoms with Crippen LogP contribution in [-0.4, -0.2) is 24.0 Å². The fourth-order valence-corrected chi connectivity index (χ4v) is 1.52. The molecule has 3 nitrogen and oxygen atoms in total. The second-order valence-corrected chi connectivity index (χ2v) is 3.63. The van der Waals surface area contributed by atoms with E-state index in [0.717, 1.165) is 10.9 Å². The van der Waals surface area contributed by atoms with Crippen LogP contribution < -0.4 is 0 Å². The molecule has 0 N–H and O–H groups in total. The minimum Gasteiger partial charge on any atom is -0.374 e. The van der Waals surface area contributed by atoms with E-state index >= 15 is 0 Å². The molecule has 0 aliphatic heterocycles. The maximum Gasteiger partial charge on any atom is 0.209 e. The number of hydrogen-bond acceptors (Lipinski definition) is 3. The zero-order chi connectivity index (χ0) is 11.5. The van der Waals surface area contributed by atoms with Crippen molar-refractivity contribution < 1.29 is 9.53 Å². The highest BCUT2D eigenvalue weighted by molar-refractivity contribution is 5.99. The molecule has 0 radical (unpaired) electrons. The molecule has 0 bridgehead atoms. The number of ether oxygens (including phenoxy) is 1.